The first kappa shape index (κ1) is 19.5. The largest absolute Gasteiger partial charge is 0.497 e. The number of aryl methyl sites for hydroxylation is 1. The van der Waals surface area contributed by atoms with Crippen molar-refractivity contribution < 1.29 is 17.9 Å². The number of hydrogen-bond acceptors (Lipinski definition) is 5. The SMILES string of the molecule is CCc1ccc(C=Nc2ccc(OC)cc2S(=O)(=O)N2CCOCC2)cc1. The first-order valence-corrected chi connectivity index (χ1v) is 10.4. The van der Waals surface area contributed by atoms with Crippen LogP contribution in [0.5, 0.6) is 5.75 Å². The van der Waals surface area contributed by atoms with Crippen LogP contribution in [-0.2, 0) is 21.2 Å². The highest BCUT2D eigenvalue weighted by molar-refractivity contribution is 7.89. The number of aliphatic imine (C=N–C) groups is 1. The second-order valence-corrected chi connectivity index (χ2v) is 8.11. The maximum atomic E-state index is 13.1. The van der Waals surface area contributed by atoms with Gasteiger partial charge >= 0.3 is 0 Å². The van der Waals surface area contributed by atoms with E-state index >= 15 is 0 Å². The Morgan fingerprint density at radius 3 is 2.48 bits per heavy atom. The van der Waals surface area contributed by atoms with E-state index in [0.717, 1.165) is 12.0 Å². The van der Waals surface area contributed by atoms with Crippen LogP contribution in [0.25, 0.3) is 0 Å². The minimum absolute atomic E-state index is 0.144. The summed E-state index contributed by atoms with van der Waals surface area (Å²) >= 11 is 0. The summed E-state index contributed by atoms with van der Waals surface area (Å²) in [6.45, 7) is 3.56. The van der Waals surface area contributed by atoms with Crippen molar-refractivity contribution in [1.29, 1.82) is 0 Å². The number of morpholine rings is 1. The van der Waals surface area contributed by atoms with Gasteiger partial charge in [-0.15, -0.1) is 0 Å². The summed E-state index contributed by atoms with van der Waals surface area (Å²) < 4.78 is 38.1. The Morgan fingerprint density at radius 1 is 1.15 bits per heavy atom. The fraction of sp³-hybridized carbons (Fsp3) is 0.350. The number of ether oxygens (including phenoxy) is 2. The van der Waals surface area contributed by atoms with Gasteiger partial charge in [-0.3, -0.25) is 4.99 Å². The highest BCUT2D eigenvalue weighted by Gasteiger charge is 2.29. The zero-order valence-electron chi connectivity index (χ0n) is 15.6. The molecule has 0 spiro atoms. The molecule has 0 aromatic heterocycles. The van der Waals surface area contributed by atoms with Crippen molar-refractivity contribution in [2.75, 3.05) is 33.4 Å². The number of methoxy groups -OCH3 is 1. The van der Waals surface area contributed by atoms with E-state index in [0.29, 0.717) is 37.7 Å². The van der Waals surface area contributed by atoms with Gasteiger partial charge in [0.15, 0.2) is 0 Å². The van der Waals surface area contributed by atoms with E-state index < -0.39 is 10.0 Å². The van der Waals surface area contributed by atoms with Gasteiger partial charge in [-0.2, -0.15) is 4.31 Å². The Hall–Kier alpha value is -2.22. The Balaban J connectivity index is 1.96. The van der Waals surface area contributed by atoms with Crippen molar-refractivity contribution in [2.45, 2.75) is 18.2 Å². The Labute approximate surface area is 160 Å². The maximum Gasteiger partial charge on any atom is 0.245 e. The molecule has 1 aliphatic heterocycles. The lowest BCUT2D eigenvalue weighted by Gasteiger charge is -2.26. The molecule has 6 nitrogen and oxygen atoms in total. The van der Waals surface area contributed by atoms with Gasteiger partial charge in [0.25, 0.3) is 0 Å². The second kappa shape index (κ2) is 8.65. The van der Waals surface area contributed by atoms with E-state index in [2.05, 4.69) is 11.9 Å². The summed E-state index contributed by atoms with van der Waals surface area (Å²) in [6.07, 6.45) is 2.65. The molecule has 0 unspecified atom stereocenters. The second-order valence-electron chi connectivity index (χ2n) is 6.20. The van der Waals surface area contributed by atoms with Gasteiger partial charge in [-0.05, 0) is 29.7 Å². The molecule has 0 atom stereocenters. The van der Waals surface area contributed by atoms with E-state index in [1.54, 1.807) is 18.3 Å². The molecule has 0 amide bonds. The predicted molar refractivity (Wildman–Crippen MR) is 106 cm³/mol. The van der Waals surface area contributed by atoms with Crippen molar-refractivity contribution in [1.82, 2.24) is 4.31 Å². The minimum Gasteiger partial charge on any atom is -0.497 e. The Bertz CT molecular complexity index is 902. The van der Waals surface area contributed by atoms with E-state index in [4.69, 9.17) is 9.47 Å². The molecule has 0 radical (unpaired) electrons. The maximum absolute atomic E-state index is 13.1. The number of sulfonamides is 1. The molecule has 7 heteroatoms. The van der Waals surface area contributed by atoms with Crippen LogP contribution in [0.1, 0.15) is 18.1 Å². The molecule has 0 saturated carbocycles. The fourth-order valence-electron chi connectivity index (χ4n) is 2.84. The lowest BCUT2D eigenvalue weighted by molar-refractivity contribution is 0.0730. The van der Waals surface area contributed by atoms with Crippen LogP contribution < -0.4 is 4.74 Å². The molecule has 1 aliphatic rings. The Kier molecular flexibility index (Phi) is 6.26. The van der Waals surface area contributed by atoms with E-state index in [9.17, 15) is 8.42 Å². The molecule has 27 heavy (non-hydrogen) atoms. The quantitative estimate of drug-likeness (QED) is 0.714. The van der Waals surface area contributed by atoms with E-state index in [-0.39, 0.29) is 4.90 Å². The number of rotatable bonds is 6. The number of benzene rings is 2. The van der Waals surface area contributed by atoms with Crippen LogP contribution in [0, 0.1) is 0 Å². The first-order valence-electron chi connectivity index (χ1n) is 8.93. The normalized spacial score (nSPS) is 15.9. The van der Waals surface area contributed by atoms with Crippen molar-refractivity contribution in [2.24, 2.45) is 4.99 Å². The van der Waals surface area contributed by atoms with Crippen molar-refractivity contribution in [3.8, 4) is 5.75 Å². The van der Waals surface area contributed by atoms with Gasteiger partial charge in [0.1, 0.15) is 10.6 Å². The van der Waals surface area contributed by atoms with E-state index in [1.165, 1.54) is 23.0 Å². The fourth-order valence-corrected chi connectivity index (χ4v) is 4.40. The van der Waals surface area contributed by atoms with Crippen LogP contribution in [0.15, 0.2) is 52.4 Å². The highest BCUT2D eigenvalue weighted by atomic mass is 32.2. The molecule has 3 rings (SSSR count). The molecule has 0 aliphatic carbocycles. The molecular formula is C20H24N2O4S. The summed E-state index contributed by atoms with van der Waals surface area (Å²) in [6, 6.07) is 12.9. The van der Waals surface area contributed by atoms with Crippen molar-refractivity contribution >= 4 is 21.9 Å². The van der Waals surface area contributed by atoms with Gasteiger partial charge in [-0.1, -0.05) is 31.2 Å². The molecule has 144 valence electrons. The predicted octanol–water partition coefficient (Wildman–Crippen LogP) is 3.03. The summed E-state index contributed by atoms with van der Waals surface area (Å²) in [5.74, 6) is 0.480. The smallest absolute Gasteiger partial charge is 0.245 e. The molecule has 2 aromatic rings. The van der Waals surface area contributed by atoms with Gasteiger partial charge < -0.3 is 9.47 Å². The number of hydrogen-bond donors (Lipinski definition) is 0. The summed E-state index contributed by atoms with van der Waals surface area (Å²) in [7, 11) is -2.17. The Morgan fingerprint density at radius 2 is 1.85 bits per heavy atom. The lowest BCUT2D eigenvalue weighted by Crippen LogP contribution is -2.40. The average molecular weight is 388 g/mol. The molecule has 0 N–H and O–H groups in total. The number of nitrogens with zero attached hydrogens (tertiary/aromatic N) is 2. The van der Waals surface area contributed by atoms with Crippen LogP contribution in [-0.4, -0.2) is 52.4 Å². The van der Waals surface area contributed by atoms with Crippen molar-refractivity contribution in [3.63, 3.8) is 0 Å². The standard InChI is InChI=1S/C20H24N2O4S/c1-3-16-4-6-17(7-5-16)15-21-19-9-8-18(25-2)14-20(19)27(23,24)22-10-12-26-13-11-22/h4-9,14-15H,3,10-13H2,1-2H3. The molecule has 1 heterocycles. The van der Waals surface area contributed by atoms with E-state index in [1.807, 2.05) is 24.3 Å². The monoisotopic (exact) mass is 388 g/mol. The molecular weight excluding hydrogens is 364 g/mol. The van der Waals surface area contributed by atoms with Crippen LogP contribution in [0.4, 0.5) is 5.69 Å². The summed E-state index contributed by atoms with van der Waals surface area (Å²) in [5.41, 5.74) is 2.55. The van der Waals surface area contributed by atoms with Gasteiger partial charge in [-0.25, -0.2) is 8.42 Å². The molecule has 2 aromatic carbocycles. The zero-order chi connectivity index (χ0) is 19.3. The van der Waals surface area contributed by atoms with Crippen molar-refractivity contribution in [3.05, 3.63) is 53.6 Å². The van der Waals surface area contributed by atoms with Gasteiger partial charge in [0, 0.05) is 25.4 Å². The third kappa shape index (κ3) is 4.55. The molecule has 1 saturated heterocycles. The van der Waals surface area contributed by atoms with Gasteiger partial charge in [0.05, 0.1) is 26.0 Å². The third-order valence-electron chi connectivity index (χ3n) is 4.50. The highest BCUT2D eigenvalue weighted by Crippen LogP contribution is 2.31. The van der Waals surface area contributed by atoms with Crippen LogP contribution in [0.2, 0.25) is 0 Å². The lowest BCUT2D eigenvalue weighted by atomic mass is 10.1. The minimum atomic E-state index is -3.68. The topological polar surface area (TPSA) is 68.2 Å². The third-order valence-corrected chi connectivity index (χ3v) is 6.42. The zero-order valence-corrected chi connectivity index (χ0v) is 16.4. The van der Waals surface area contributed by atoms with Crippen LogP contribution >= 0.6 is 0 Å². The first-order chi connectivity index (χ1) is 13.0. The average Bonchev–Trinajstić information content (AvgIpc) is 2.73. The van der Waals surface area contributed by atoms with Crippen LogP contribution in [0.3, 0.4) is 0 Å². The molecule has 0 bridgehead atoms. The van der Waals surface area contributed by atoms with Gasteiger partial charge in [0.2, 0.25) is 10.0 Å². The summed E-state index contributed by atoms with van der Waals surface area (Å²) in [4.78, 5) is 4.59. The summed E-state index contributed by atoms with van der Waals surface area (Å²) in [5, 5.41) is 0. The molecule has 1 fully saturated rings.